The minimum absolute atomic E-state index is 0.0232. The van der Waals surface area contributed by atoms with Crippen LogP contribution < -0.4 is 5.32 Å². The number of hydrogen-bond acceptors (Lipinski definition) is 5. The van der Waals surface area contributed by atoms with Gasteiger partial charge in [0.2, 0.25) is 0 Å². The van der Waals surface area contributed by atoms with Crippen molar-refractivity contribution in [3.05, 3.63) is 58.9 Å². The first-order chi connectivity index (χ1) is 13.9. The first-order valence-electron chi connectivity index (χ1n) is 9.80. The zero-order valence-corrected chi connectivity index (χ0v) is 17.3. The summed E-state index contributed by atoms with van der Waals surface area (Å²) in [4.78, 5) is 26.1. The Hall–Kier alpha value is -3.09. The maximum Gasteiger partial charge on any atom is 0.305 e. The Balaban J connectivity index is 1.67. The van der Waals surface area contributed by atoms with Crippen LogP contribution >= 0.6 is 0 Å². The van der Waals surface area contributed by atoms with E-state index in [2.05, 4.69) is 21.7 Å². The van der Waals surface area contributed by atoms with E-state index in [-0.39, 0.29) is 11.9 Å². The average Bonchev–Trinajstić information content (AvgIpc) is 2.94. The second-order valence-electron chi connectivity index (χ2n) is 7.46. The highest BCUT2D eigenvalue weighted by Crippen LogP contribution is 2.24. The zero-order valence-electron chi connectivity index (χ0n) is 17.3. The number of aromatic nitrogens is 2. The number of benzene rings is 1. The van der Waals surface area contributed by atoms with Crippen LogP contribution in [0.25, 0.3) is 0 Å². The predicted octanol–water partition coefficient (Wildman–Crippen LogP) is 3.20. The Bertz CT molecular complexity index is 932. The molecular weight excluding hydrogens is 368 g/mol. The summed E-state index contributed by atoms with van der Waals surface area (Å²) in [5.41, 5.74) is 4.68. The van der Waals surface area contributed by atoms with Crippen molar-refractivity contribution in [3.8, 4) is 0 Å². The molecular formula is C22H28N4O3. The van der Waals surface area contributed by atoms with Gasteiger partial charge in [0, 0.05) is 30.3 Å². The van der Waals surface area contributed by atoms with Crippen molar-refractivity contribution in [3.63, 3.8) is 0 Å². The largest absolute Gasteiger partial charge is 0.469 e. The minimum Gasteiger partial charge on any atom is -0.469 e. The maximum absolute atomic E-state index is 13.1. The molecule has 0 saturated carbocycles. The number of aryl methyl sites for hydroxylation is 3. The van der Waals surface area contributed by atoms with Gasteiger partial charge in [0.05, 0.1) is 26.4 Å². The van der Waals surface area contributed by atoms with Gasteiger partial charge in [0.15, 0.2) is 0 Å². The van der Waals surface area contributed by atoms with E-state index >= 15 is 0 Å². The van der Waals surface area contributed by atoms with Crippen molar-refractivity contribution < 1.29 is 14.3 Å². The standard InChI is InChI=1S/C22H28N4O3/c1-15-11-18(10-9-17(15)7-5-6-8-20(27)29-4)22(28)26-13-16(2)24-21-19(14-26)12-23-25(21)3/h9-12,24H,2,5-8,13-14H2,1,3-4H3. The van der Waals surface area contributed by atoms with Gasteiger partial charge in [-0.25, -0.2) is 0 Å². The monoisotopic (exact) mass is 396 g/mol. The number of esters is 1. The molecule has 0 aliphatic carbocycles. The Kier molecular flexibility index (Phi) is 6.36. The summed E-state index contributed by atoms with van der Waals surface area (Å²) >= 11 is 0. The van der Waals surface area contributed by atoms with Crippen molar-refractivity contribution in [2.24, 2.45) is 7.05 Å². The molecule has 1 aromatic heterocycles. The number of rotatable bonds is 6. The Morgan fingerprint density at radius 1 is 1.28 bits per heavy atom. The number of carbonyl (C=O) groups is 2. The fourth-order valence-electron chi connectivity index (χ4n) is 3.58. The normalized spacial score (nSPS) is 13.5. The van der Waals surface area contributed by atoms with Crippen LogP contribution in [-0.2, 0) is 29.5 Å². The molecule has 7 nitrogen and oxygen atoms in total. The number of nitrogens with one attached hydrogen (secondary N) is 1. The first-order valence-corrected chi connectivity index (χ1v) is 9.80. The van der Waals surface area contributed by atoms with Crippen LogP contribution in [0.15, 0.2) is 36.7 Å². The van der Waals surface area contributed by atoms with Crippen LogP contribution in [-0.4, -0.2) is 40.2 Å². The van der Waals surface area contributed by atoms with E-state index in [0.717, 1.165) is 41.9 Å². The number of ether oxygens (including phenoxy) is 1. The molecule has 0 atom stereocenters. The lowest BCUT2D eigenvalue weighted by Crippen LogP contribution is -2.31. The van der Waals surface area contributed by atoms with Crippen LogP contribution in [0.2, 0.25) is 0 Å². The second-order valence-corrected chi connectivity index (χ2v) is 7.46. The third-order valence-corrected chi connectivity index (χ3v) is 5.23. The van der Waals surface area contributed by atoms with Crippen molar-refractivity contribution >= 4 is 17.7 Å². The van der Waals surface area contributed by atoms with E-state index in [4.69, 9.17) is 0 Å². The molecule has 29 heavy (non-hydrogen) atoms. The van der Waals surface area contributed by atoms with E-state index in [1.165, 1.54) is 12.7 Å². The Morgan fingerprint density at radius 3 is 2.79 bits per heavy atom. The summed E-state index contributed by atoms with van der Waals surface area (Å²) < 4.78 is 6.43. The molecule has 154 valence electrons. The van der Waals surface area contributed by atoms with Crippen LogP contribution in [0, 0.1) is 6.92 Å². The molecule has 2 aromatic rings. The van der Waals surface area contributed by atoms with Gasteiger partial charge in [0.1, 0.15) is 5.82 Å². The minimum atomic E-state index is -0.173. The molecule has 1 aromatic carbocycles. The quantitative estimate of drug-likeness (QED) is 0.599. The Labute approximate surface area is 171 Å². The molecule has 0 bridgehead atoms. The number of fused-ring (bicyclic) bond motifs is 1. The van der Waals surface area contributed by atoms with Gasteiger partial charge in [-0.15, -0.1) is 0 Å². The molecule has 3 rings (SSSR count). The zero-order chi connectivity index (χ0) is 21.0. The molecule has 1 aliphatic heterocycles. The van der Waals surface area contributed by atoms with Gasteiger partial charge in [-0.1, -0.05) is 12.6 Å². The molecule has 2 heterocycles. The molecule has 0 spiro atoms. The first kappa shape index (κ1) is 20.6. The van der Waals surface area contributed by atoms with Crippen molar-refractivity contribution in [1.29, 1.82) is 0 Å². The summed E-state index contributed by atoms with van der Waals surface area (Å²) in [5, 5.41) is 7.51. The lowest BCUT2D eigenvalue weighted by atomic mass is 9.99. The lowest BCUT2D eigenvalue weighted by molar-refractivity contribution is -0.140. The molecule has 0 unspecified atom stereocenters. The molecule has 1 N–H and O–H groups in total. The SMILES string of the molecule is C=C1CN(C(=O)c2ccc(CCCCC(=O)OC)c(C)c2)Cc2cnn(C)c2N1. The maximum atomic E-state index is 13.1. The lowest BCUT2D eigenvalue weighted by Gasteiger charge is -2.21. The topological polar surface area (TPSA) is 76.5 Å². The van der Waals surface area contributed by atoms with Crippen LogP contribution in [0.5, 0.6) is 0 Å². The summed E-state index contributed by atoms with van der Waals surface area (Å²) in [5.74, 6) is 0.682. The van der Waals surface area contributed by atoms with Crippen molar-refractivity contribution in [1.82, 2.24) is 14.7 Å². The van der Waals surface area contributed by atoms with Gasteiger partial charge >= 0.3 is 5.97 Å². The average molecular weight is 396 g/mol. The van der Waals surface area contributed by atoms with E-state index in [1.54, 1.807) is 15.8 Å². The van der Waals surface area contributed by atoms with Gasteiger partial charge in [-0.05, 0) is 49.4 Å². The van der Waals surface area contributed by atoms with Crippen LogP contribution in [0.4, 0.5) is 5.82 Å². The third-order valence-electron chi connectivity index (χ3n) is 5.23. The summed E-state index contributed by atoms with van der Waals surface area (Å²) in [6, 6.07) is 5.85. The highest BCUT2D eigenvalue weighted by Gasteiger charge is 2.24. The van der Waals surface area contributed by atoms with E-state index < -0.39 is 0 Å². The number of hydrogen-bond donors (Lipinski definition) is 1. The summed E-state index contributed by atoms with van der Waals surface area (Å²) in [7, 11) is 3.27. The smallest absolute Gasteiger partial charge is 0.305 e. The third kappa shape index (κ3) is 4.85. The number of nitrogens with zero attached hydrogens (tertiary/aromatic N) is 3. The highest BCUT2D eigenvalue weighted by molar-refractivity contribution is 5.95. The summed E-state index contributed by atoms with van der Waals surface area (Å²) in [6.45, 7) is 6.99. The number of anilines is 1. The number of carbonyl (C=O) groups excluding carboxylic acids is 2. The molecule has 0 saturated heterocycles. The van der Waals surface area contributed by atoms with Gasteiger partial charge < -0.3 is 15.0 Å². The van der Waals surface area contributed by atoms with E-state index in [1.807, 2.05) is 32.2 Å². The number of methoxy groups -OCH3 is 1. The highest BCUT2D eigenvalue weighted by atomic mass is 16.5. The Morgan fingerprint density at radius 2 is 2.07 bits per heavy atom. The van der Waals surface area contributed by atoms with E-state index in [0.29, 0.717) is 25.1 Å². The van der Waals surface area contributed by atoms with E-state index in [9.17, 15) is 9.59 Å². The van der Waals surface area contributed by atoms with Gasteiger partial charge in [-0.2, -0.15) is 5.10 Å². The van der Waals surface area contributed by atoms with Crippen molar-refractivity contribution in [2.75, 3.05) is 19.0 Å². The molecule has 0 fully saturated rings. The van der Waals surface area contributed by atoms with Crippen molar-refractivity contribution in [2.45, 2.75) is 39.2 Å². The second kappa shape index (κ2) is 8.94. The van der Waals surface area contributed by atoms with Crippen LogP contribution in [0.3, 0.4) is 0 Å². The number of amides is 1. The summed E-state index contributed by atoms with van der Waals surface area (Å²) in [6.07, 6.45) is 4.80. The van der Waals surface area contributed by atoms with Gasteiger partial charge in [0.25, 0.3) is 5.91 Å². The van der Waals surface area contributed by atoms with Gasteiger partial charge in [-0.3, -0.25) is 14.3 Å². The fourth-order valence-corrected chi connectivity index (χ4v) is 3.58. The molecule has 7 heteroatoms. The number of unbranched alkanes of at least 4 members (excludes halogenated alkanes) is 1. The van der Waals surface area contributed by atoms with Crippen LogP contribution in [0.1, 0.15) is 46.3 Å². The molecule has 1 aliphatic rings. The predicted molar refractivity (Wildman–Crippen MR) is 111 cm³/mol. The molecule has 1 amide bonds. The molecule has 0 radical (unpaired) electrons. The fraction of sp³-hybridized carbons (Fsp3) is 0.409.